The third-order valence-electron chi connectivity index (χ3n) is 2.85. The van der Waals surface area contributed by atoms with Gasteiger partial charge in [0, 0.05) is 23.8 Å². The molecule has 0 bridgehead atoms. The zero-order valence-corrected chi connectivity index (χ0v) is 12.8. The molecular weight excluding hydrogens is 346 g/mol. The van der Waals surface area contributed by atoms with Crippen LogP contribution in [0.15, 0.2) is 22.9 Å². The zero-order valence-electron chi connectivity index (χ0n) is 10.5. The van der Waals surface area contributed by atoms with Gasteiger partial charge in [-0.05, 0) is 46.4 Å². The van der Waals surface area contributed by atoms with Gasteiger partial charge >= 0.3 is 6.01 Å². The van der Waals surface area contributed by atoms with E-state index < -0.39 is 0 Å². The molecule has 2 aromatic heterocycles. The number of aromatic nitrogens is 4. The molecule has 1 fully saturated rings. The van der Waals surface area contributed by atoms with E-state index in [1.165, 1.54) is 0 Å². The molecule has 1 aliphatic rings. The summed E-state index contributed by atoms with van der Waals surface area (Å²) in [5, 5.41) is 0.125. The lowest BCUT2D eigenvalue weighted by atomic mass is 10.4. The van der Waals surface area contributed by atoms with Gasteiger partial charge in [0.2, 0.25) is 11.2 Å². The minimum absolute atomic E-state index is 0.125. The fourth-order valence-corrected chi connectivity index (χ4v) is 2.47. The molecule has 1 saturated heterocycles. The van der Waals surface area contributed by atoms with Crippen LogP contribution in [0.25, 0.3) is 0 Å². The highest BCUT2D eigenvalue weighted by Crippen LogP contribution is 2.24. The molecule has 6 nitrogen and oxygen atoms in total. The van der Waals surface area contributed by atoms with Gasteiger partial charge in [0.1, 0.15) is 0 Å². The molecular formula is C12H11BrClN5O. The molecule has 20 heavy (non-hydrogen) atoms. The van der Waals surface area contributed by atoms with Gasteiger partial charge in [-0.1, -0.05) is 0 Å². The number of nitrogens with zero attached hydrogens (tertiary/aromatic N) is 5. The Kier molecular flexibility index (Phi) is 3.98. The molecule has 0 aliphatic carbocycles. The largest absolute Gasteiger partial charge is 0.422 e. The Morgan fingerprint density at radius 1 is 1.15 bits per heavy atom. The number of halogens is 2. The second-order valence-electron chi connectivity index (χ2n) is 4.32. The highest BCUT2D eigenvalue weighted by molar-refractivity contribution is 9.10. The van der Waals surface area contributed by atoms with Crippen LogP contribution in [0.5, 0.6) is 11.8 Å². The maximum atomic E-state index is 5.93. The SMILES string of the molecule is Clc1nc(Oc2cncc(Br)c2)nc(N2CCCC2)n1. The van der Waals surface area contributed by atoms with E-state index in [1.54, 1.807) is 18.5 Å². The fraction of sp³-hybridized carbons (Fsp3) is 0.333. The topological polar surface area (TPSA) is 64.0 Å². The van der Waals surface area contributed by atoms with Crippen molar-refractivity contribution in [1.29, 1.82) is 0 Å². The first kappa shape index (κ1) is 13.5. The van der Waals surface area contributed by atoms with Crippen molar-refractivity contribution in [3.8, 4) is 11.8 Å². The fourth-order valence-electron chi connectivity index (χ4n) is 1.98. The van der Waals surface area contributed by atoms with Crippen LogP contribution < -0.4 is 9.64 Å². The number of pyridine rings is 1. The molecule has 8 heteroatoms. The van der Waals surface area contributed by atoms with E-state index in [0.29, 0.717) is 11.7 Å². The lowest BCUT2D eigenvalue weighted by Crippen LogP contribution is -2.21. The van der Waals surface area contributed by atoms with Gasteiger partial charge in [0.25, 0.3) is 0 Å². The summed E-state index contributed by atoms with van der Waals surface area (Å²) in [4.78, 5) is 18.5. The lowest BCUT2D eigenvalue weighted by molar-refractivity contribution is 0.437. The third kappa shape index (κ3) is 3.16. The molecule has 1 aliphatic heterocycles. The van der Waals surface area contributed by atoms with Crippen LogP contribution in [0.1, 0.15) is 12.8 Å². The monoisotopic (exact) mass is 355 g/mol. The minimum atomic E-state index is 0.125. The molecule has 0 atom stereocenters. The van der Waals surface area contributed by atoms with Crippen molar-refractivity contribution in [3.05, 3.63) is 28.2 Å². The van der Waals surface area contributed by atoms with Crippen LogP contribution in [-0.2, 0) is 0 Å². The average Bonchev–Trinajstić information content (AvgIpc) is 2.91. The average molecular weight is 357 g/mol. The van der Waals surface area contributed by atoms with Crippen LogP contribution in [0, 0.1) is 0 Å². The number of ether oxygens (including phenoxy) is 1. The molecule has 3 rings (SSSR count). The smallest absolute Gasteiger partial charge is 0.328 e. The van der Waals surface area contributed by atoms with E-state index in [0.717, 1.165) is 30.4 Å². The van der Waals surface area contributed by atoms with Gasteiger partial charge in [-0.25, -0.2) is 0 Å². The van der Waals surface area contributed by atoms with Crippen molar-refractivity contribution in [2.45, 2.75) is 12.8 Å². The van der Waals surface area contributed by atoms with Crippen molar-refractivity contribution in [3.63, 3.8) is 0 Å². The van der Waals surface area contributed by atoms with Gasteiger partial charge in [0.15, 0.2) is 5.75 Å². The summed E-state index contributed by atoms with van der Waals surface area (Å²) >= 11 is 9.26. The lowest BCUT2D eigenvalue weighted by Gasteiger charge is -2.15. The first-order valence-electron chi connectivity index (χ1n) is 6.16. The number of anilines is 1. The van der Waals surface area contributed by atoms with Gasteiger partial charge in [-0.3, -0.25) is 4.98 Å². The van der Waals surface area contributed by atoms with Crippen LogP contribution in [0.4, 0.5) is 5.95 Å². The summed E-state index contributed by atoms with van der Waals surface area (Å²) in [5.41, 5.74) is 0. The quantitative estimate of drug-likeness (QED) is 0.842. The summed E-state index contributed by atoms with van der Waals surface area (Å²) in [6.07, 6.45) is 5.52. The van der Waals surface area contributed by atoms with E-state index in [-0.39, 0.29) is 11.3 Å². The maximum absolute atomic E-state index is 5.93. The van der Waals surface area contributed by atoms with Crippen molar-refractivity contribution in [2.24, 2.45) is 0 Å². The highest BCUT2D eigenvalue weighted by Gasteiger charge is 2.17. The van der Waals surface area contributed by atoms with E-state index in [1.807, 2.05) is 0 Å². The summed E-state index contributed by atoms with van der Waals surface area (Å²) in [7, 11) is 0. The number of hydrogen-bond acceptors (Lipinski definition) is 6. The molecule has 0 saturated carbocycles. The second kappa shape index (κ2) is 5.88. The molecule has 0 aromatic carbocycles. The summed E-state index contributed by atoms with van der Waals surface area (Å²) < 4.78 is 6.39. The summed E-state index contributed by atoms with van der Waals surface area (Å²) in [6.45, 7) is 1.86. The molecule has 0 unspecified atom stereocenters. The predicted molar refractivity (Wildman–Crippen MR) is 78.3 cm³/mol. The molecule has 0 amide bonds. The first-order chi connectivity index (χ1) is 9.70. The van der Waals surface area contributed by atoms with E-state index in [4.69, 9.17) is 16.3 Å². The Bertz CT molecular complexity index is 621. The number of rotatable bonds is 3. The van der Waals surface area contributed by atoms with Gasteiger partial charge in [-0.15, -0.1) is 0 Å². The Hall–Kier alpha value is -1.47. The van der Waals surface area contributed by atoms with E-state index >= 15 is 0 Å². The first-order valence-corrected chi connectivity index (χ1v) is 7.33. The van der Waals surface area contributed by atoms with Crippen molar-refractivity contribution in [2.75, 3.05) is 18.0 Å². The summed E-state index contributed by atoms with van der Waals surface area (Å²) in [6, 6.07) is 1.95. The molecule has 0 spiro atoms. The van der Waals surface area contributed by atoms with E-state index in [9.17, 15) is 0 Å². The van der Waals surface area contributed by atoms with Crippen LogP contribution in [0.2, 0.25) is 5.28 Å². The predicted octanol–water partition coefficient (Wildman–Crippen LogP) is 3.08. The molecule has 0 N–H and O–H groups in total. The zero-order chi connectivity index (χ0) is 13.9. The van der Waals surface area contributed by atoms with Crippen molar-refractivity contribution < 1.29 is 4.74 Å². The Morgan fingerprint density at radius 2 is 1.95 bits per heavy atom. The van der Waals surface area contributed by atoms with Gasteiger partial charge < -0.3 is 9.64 Å². The molecule has 3 heterocycles. The van der Waals surface area contributed by atoms with Gasteiger partial charge in [0.05, 0.1) is 6.20 Å². The van der Waals surface area contributed by atoms with Crippen LogP contribution in [-0.4, -0.2) is 33.0 Å². The normalized spacial score (nSPS) is 14.6. The maximum Gasteiger partial charge on any atom is 0.328 e. The van der Waals surface area contributed by atoms with E-state index in [2.05, 4.69) is 40.8 Å². The van der Waals surface area contributed by atoms with Gasteiger partial charge in [-0.2, -0.15) is 15.0 Å². The van der Waals surface area contributed by atoms with Crippen LogP contribution >= 0.6 is 27.5 Å². The molecule has 2 aromatic rings. The molecule has 104 valence electrons. The van der Waals surface area contributed by atoms with Crippen LogP contribution in [0.3, 0.4) is 0 Å². The minimum Gasteiger partial charge on any atom is -0.422 e. The second-order valence-corrected chi connectivity index (χ2v) is 5.58. The number of hydrogen-bond donors (Lipinski definition) is 0. The molecule has 0 radical (unpaired) electrons. The Balaban J connectivity index is 1.85. The third-order valence-corrected chi connectivity index (χ3v) is 3.46. The van der Waals surface area contributed by atoms with Crippen molar-refractivity contribution in [1.82, 2.24) is 19.9 Å². The highest BCUT2D eigenvalue weighted by atomic mass is 79.9. The summed E-state index contributed by atoms with van der Waals surface area (Å²) in [5.74, 6) is 1.09. The Morgan fingerprint density at radius 3 is 2.70 bits per heavy atom. The van der Waals surface area contributed by atoms with Crippen molar-refractivity contribution >= 4 is 33.5 Å². The Labute approximate surface area is 129 Å². The standard InChI is InChI=1S/C12H11BrClN5O/c13-8-5-9(7-15-6-8)20-12-17-10(14)16-11(18-12)19-3-1-2-4-19/h5-7H,1-4H2.